The number of hydrogen-bond acceptors (Lipinski definition) is 4. The van der Waals surface area contributed by atoms with Gasteiger partial charge in [0.05, 0.1) is 12.9 Å². The predicted molar refractivity (Wildman–Crippen MR) is 62.2 cm³/mol. The average molecular weight is 247 g/mol. The molecule has 3 rings (SSSR count). The lowest BCUT2D eigenvalue weighted by Gasteiger charge is -2.35. The minimum atomic E-state index is -0.494. The minimum absolute atomic E-state index is 0.226. The van der Waals surface area contributed by atoms with Crippen molar-refractivity contribution in [1.82, 2.24) is 5.32 Å². The van der Waals surface area contributed by atoms with Gasteiger partial charge in [0.1, 0.15) is 0 Å². The quantitative estimate of drug-likeness (QED) is 0.807. The summed E-state index contributed by atoms with van der Waals surface area (Å²) in [6.45, 7) is 0.370. The van der Waals surface area contributed by atoms with E-state index in [0.29, 0.717) is 6.61 Å². The summed E-state index contributed by atoms with van der Waals surface area (Å²) >= 11 is 0. The van der Waals surface area contributed by atoms with Crippen LogP contribution in [0.1, 0.15) is 11.9 Å². The zero-order valence-corrected chi connectivity index (χ0v) is 9.61. The number of benzene rings is 1. The van der Waals surface area contributed by atoms with Gasteiger partial charge in [0, 0.05) is 11.6 Å². The molecule has 1 N–H and O–H groups in total. The van der Waals surface area contributed by atoms with Gasteiger partial charge in [-0.2, -0.15) is 0 Å². The molecular formula is C13H13NO4. The fourth-order valence-corrected chi connectivity index (χ4v) is 1.94. The third-order valence-corrected chi connectivity index (χ3v) is 2.85. The summed E-state index contributed by atoms with van der Waals surface area (Å²) in [5.41, 5.74) is 0.919. The first-order chi connectivity index (χ1) is 8.83. The normalized spacial score (nSPS) is 30.9. The molecule has 94 valence electrons. The average Bonchev–Trinajstić information content (AvgIpc) is 2.59. The Balaban J connectivity index is 1.74. The highest BCUT2D eigenvalue weighted by atomic mass is 16.7. The van der Waals surface area contributed by atoms with Crippen molar-refractivity contribution in [2.45, 2.75) is 18.6 Å². The molecule has 1 fully saturated rings. The van der Waals surface area contributed by atoms with Gasteiger partial charge >= 0.3 is 0 Å². The Labute approximate surface area is 104 Å². The van der Waals surface area contributed by atoms with Gasteiger partial charge in [0.2, 0.25) is 5.91 Å². The highest BCUT2D eigenvalue weighted by molar-refractivity contribution is 5.87. The van der Waals surface area contributed by atoms with E-state index in [1.807, 2.05) is 30.3 Å². The number of hydrogen-bond donors (Lipinski definition) is 1. The fraction of sp³-hybridized carbons (Fsp3) is 0.308. The number of fused-ring (bicyclic) bond motifs is 1. The van der Waals surface area contributed by atoms with E-state index in [1.165, 1.54) is 12.3 Å². The van der Waals surface area contributed by atoms with Crippen LogP contribution in [0.15, 0.2) is 42.7 Å². The van der Waals surface area contributed by atoms with Crippen molar-refractivity contribution in [3.05, 3.63) is 48.2 Å². The van der Waals surface area contributed by atoms with E-state index < -0.39 is 12.5 Å². The van der Waals surface area contributed by atoms with Crippen molar-refractivity contribution in [2.75, 3.05) is 6.61 Å². The van der Waals surface area contributed by atoms with E-state index >= 15 is 0 Å². The SMILES string of the molecule is O=C1C=CO[C@@H]2COC(c3ccccc3)O[C@H]2N1. The summed E-state index contributed by atoms with van der Waals surface area (Å²) in [7, 11) is 0. The number of carbonyl (C=O) groups excluding carboxylic acids is 1. The van der Waals surface area contributed by atoms with Crippen LogP contribution >= 0.6 is 0 Å². The molecule has 1 saturated heterocycles. The Bertz CT molecular complexity index is 459. The molecule has 2 aliphatic heterocycles. The van der Waals surface area contributed by atoms with Crippen LogP contribution in [0.2, 0.25) is 0 Å². The molecule has 1 aromatic rings. The second-order valence-corrected chi connectivity index (χ2v) is 4.12. The summed E-state index contributed by atoms with van der Waals surface area (Å²) < 4.78 is 16.6. The molecule has 0 aromatic heterocycles. The Hall–Kier alpha value is -1.85. The van der Waals surface area contributed by atoms with Gasteiger partial charge in [-0.25, -0.2) is 0 Å². The van der Waals surface area contributed by atoms with Gasteiger partial charge in [-0.1, -0.05) is 30.3 Å². The molecule has 1 amide bonds. The third-order valence-electron chi connectivity index (χ3n) is 2.85. The first-order valence-corrected chi connectivity index (χ1v) is 5.77. The van der Waals surface area contributed by atoms with Gasteiger partial charge < -0.3 is 19.5 Å². The van der Waals surface area contributed by atoms with Crippen LogP contribution in [0.3, 0.4) is 0 Å². The Kier molecular flexibility index (Phi) is 3.00. The number of carbonyl (C=O) groups is 1. The zero-order valence-electron chi connectivity index (χ0n) is 9.61. The summed E-state index contributed by atoms with van der Waals surface area (Å²) in [6, 6.07) is 9.59. The number of amides is 1. The second-order valence-electron chi connectivity index (χ2n) is 4.12. The molecule has 0 bridgehead atoms. The molecule has 1 unspecified atom stereocenters. The molecule has 2 aliphatic rings. The maximum atomic E-state index is 11.4. The van der Waals surface area contributed by atoms with Crippen LogP contribution in [0.5, 0.6) is 0 Å². The summed E-state index contributed by atoms with van der Waals surface area (Å²) in [6.07, 6.45) is 1.42. The Morgan fingerprint density at radius 1 is 1.22 bits per heavy atom. The molecule has 2 heterocycles. The molecular weight excluding hydrogens is 234 g/mol. The highest BCUT2D eigenvalue weighted by Gasteiger charge is 2.35. The summed E-state index contributed by atoms with van der Waals surface area (Å²) in [5.74, 6) is -0.226. The van der Waals surface area contributed by atoms with E-state index in [2.05, 4.69) is 5.32 Å². The van der Waals surface area contributed by atoms with Crippen LogP contribution in [-0.2, 0) is 19.0 Å². The predicted octanol–water partition coefficient (Wildman–Crippen LogP) is 1.09. The van der Waals surface area contributed by atoms with Crippen LogP contribution in [0, 0.1) is 0 Å². The molecule has 0 aliphatic carbocycles. The fourth-order valence-electron chi connectivity index (χ4n) is 1.94. The van der Waals surface area contributed by atoms with Crippen molar-refractivity contribution in [3.63, 3.8) is 0 Å². The van der Waals surface area contributed by atoms with E-state index in [1.54, 1.807) is 0 Å². The van der Waals surface area contributed by atoms with Crippen molar-refractivity contribution < 1.29 is 19.0 Å². The maximum absolute atomic E-state index is 11.4. The standard InChI is InChI=1S/C13H13NO4/c15-11-6-7-16-10-8-17-13(18-12(10)14-11)9-4-2-1-3-5-9/h1-7,10,12-13H,8H2,(H,14,15)/t10-,12-,13?/m1/s1. The van der Waals surface area contributed by atoms with Gasteiger partial charge in [-0.05, 0) is 0 Å². The number of ether oxygens (including phenoxy) is 3. The van der Waals surface area contributed by atoms with Crippen LogP contribution < -0.4 is 5.32 Å². The molecule has 0 spiro atoms. The number of nitrogens with one attached hydrogen (secondary N) is 1. The number of rotatable bonds is 1. The molecule has 0 saturated carbocycles. The second kappa shape index (κ2) is 4.80. The van der Waals surface area contributed by atoms with Crippen molar-refractivity contribution in [3.8, 4) is 0 Å². The molecule has 0 radical (unpaired) electrons. The van der Waals surface area contributed by atoms with Crippen molar-refractivity contribution in [1.29, 1.82) is 0 Å². The third kappa shape index (κ3) is 2.23. The van der Waals surface area contributed by atoms with Crippen LogP contribution in [0.4, 0.5) is 0 Å². The van der Waals surface area contributed by atoms with Gasteiger partial charge in [0.25, 0.3) is 0 Å². The highest BCUT2D eigenvalue weighted by Crippen LogP contribution is 2.27. The summed E-state index contributed by atoms with van der Waals surface area (Å²) in [4.78, 5) is 11.4. The topological polar surface area (TPSA) is 56.8 Å². The van der Waals surface area contributed by atoms with Gasteiger partial charge in [0.15, 0.2) is 18.6 Å². The maximum Gasteiger partial charge on any atom is 0.249 e. The van der Waals surface area contributed by atoms with Crippen LogP contribution in [0.25, 0.3) is 0 Å². The lowest BCUT2D eigenvalue weighted by molar-refractivity contribution is -0.262. The summed E-state index contributed by atoms with van der Waals surface area (Å²) in [5, 5.41) is 2.73. The van der Waals surface area contributed by atoms with Crippen molar-refractivity contribution >= 4 is 5.91 Å². The van der Waals surface area contributed by atoms with Gasteiger partial charge in [-0.15, -0.1) is 0 Å². The van der Waals surface area contributed by atoms with E-state index in [9.17, 15) is 4.79 Å². The lowest BCUT2D eigenvalue weighted by atomic mass is 10.2. The molecule has 3 atom stereocenters. The van der Waals surface area contributed by atoms with Crippen molar-refractivity contribution in [2.24, 2.45) is 0 Å². The smallest absolute Gasteiger partial charge is 0.249 e. The molecule has 5 nitrogen and oxygen atoms in total. The largest absolute Gasteiger partial charge is 0.491 e. The molecule has 1 aromatic carbocycles. The molecule has 18 heavy (non-hydrogen) atoms. The monoisotopic (exact) mass is 247 g/mol. The van der Waals surface area contributed by atoms with E-state index in [-0.39, 0.29) is 12.0 Å². The molecule has 5 heteroatoms. The lowest BCUT2D eigenvalue weighted by Crippen LogP contribution is -2.50. The van der Waals surface area contributed by atoms with Crippen LogP contribution in [-0.4, -0.2) is 24.8 Å². The first kappa shape index (κ1) is 11.3. The first-order valence-electron chi connectivity index (χ1n) is 5.77. The Morgan fingerprint density at radius 3 is 2.89 bits per heavy atom. The van der Waals surface area contributed by atoms with Gasteiger partial charge in [-0.3, -0.25) is 4.79 Å². The van der Waals surface area contributed by atoms with E-state index in [0.717, 1.165) is 5.56 Å². The van der Waals surface area contributed by atoms with E-state index in [4.69, 9.17) is 14.2 Å². The zero-order chi connectivity index (χ0) is 12.4. The minimum Gasteiger partial charge on any atom is -0.491 e. The Morgan fingerprint density at radius 2 is 2.06 bits per heavy atom.